The van der Waals surface area contributed by atoms with Gasteiger partial charge in [0.15, 0.2) is 0 Å². The number of benzene rings is 1. The van der Waals surface area contributed by atoms with Gasteiger partial charge in [-0.2, -0.15) is 0 Å². The maximum atomic E-state index is 13.1. The van der Waals surface area contributed by atoms with Gasteiger partial charge in [0.1, 0.15) is 17.3 Å². The monoisotopic (exact) mass is 264 g/mol. The van der Waals surface area contributed by atoms with E-state index < -0.39 is 11.8 Å². The number of hydrogen-bond acceptors (Lipinski definition) is 3. The molecule has 0 spiro atoms. The Balaban J connectivity index is 2.38. The zero-order chi connectivity index (χ0) is 14.0. The third kappa shape index (κ3) is 2.73. The number of carboxylic acid groups (broad SMARTS) is 1. The molecular weight excluding hydrogens is 251 g/mol. The SMILES string of the molecule is CC(C)n1c(C(=O)O)cnc1Oc1cccc(F)c1. The fraction of sp³-hybridized carbons (Fsp3) is 0.231. The normalized spacial score (nSPS) is 10.7. The number of nitrogens with zero attached hydrogens (tertiary/aromatic N) is 2. The van der Waals surface area contributed by atoms with Crippen molar-refractivity contribution in [1.82, 2.24) is 9.55 Å². The van der Waals surface area contributed by atoms with Crippen molar-refractivity contribution >= 4 is 5.97 Å². The fourth-order valence-electron chi connectivity index (χ4n) is 1.71. The first-order valence-electron chi connectivity index (χ1n) is 5.73. The van der Waals surface area contributed by atoms with Gasteiger partial charge in [-0.15, -0.1) is 0 Å². The van der Waals surface area contributed by atoms with Crippen molar-refractivity contribution in [1.29, 1.82) is 0 Å². The van der Waals surface area contributed by atoms with Gasteiger partial charge >= 0.3 is 12.0 Å². The molecule has 0 amide bonds. The summed E-state index contributed by atoms with van der Waals surface area (Å²) in [5.74, 6) is -1.25. The van der Waals surface area contributed by atoms with Crippen LogP contribution in [0.15, 0.2) is 30.5 Å². The summed E-state index contributed by atoms with van der Waals surface area (Å²) >= 11 is 0. The van der Waals surface area contributed by atoms with Crippen molar-refractivity contribution in [2.45, 2.75) is 19.9 Å². The van der Waals surface area contributed by atoms with Gasteiger partial charge in [0.25, 0.3) is 0 Å². The molecule has 2 aromatic rings. The molecule has 1 aromatic heterocycles. The first-order chi connectivity index (χ1) is 8.99. The van der Waals surface area contributed by atoms with Crippen molar-refractivity contribution in [3.63, 3.8) is 0 Å². The van der Waals surface area contributed by atoms with E-state index >= 15 is 0 Å². The molecule has 1 N–H and O–H groups in total. The van der Waals surface area contributed by atoms with E-state index in [9.17, 15) is 9.18 Å². The van der Waals surface area contributed by atoms with E-state index in [1.165, 1.54) is 29.0 Å². The molecule has 5 nitrogen and oxygen atoms in total. The molecule has 1 heterocycles. The van der Waals surface area contributed by atoms with E-state index in [0.29, 0.717) is 0 Å². The van der Waals surface area contributed by atoms with E-state index in [-0.39, 0.29) is 23.5 Å². The minimum atomic E-state index is -1.09. The largest absolute Gasteiger partial charge is 0.477 e. The zero-order valence-electron chi connectivity index (χ0n) is 10.5. The number of carboxylic acids is 1. The van der Waals surface area contributed by atoms with Crippen LogP contribution in [0.5, 0.6) is 11.8 Å². The Kier molecular flexibility index (Phi) is 3.50. The summed E-state index contributed by atoms with van der Waals surface area (Å²) < 4.78 is 19.9. The quantitative estimate of drug-likeness (QED) is 0.921. The van der Waals surface area contributed by atoms with Crippen LogP contribution in [0.1, 0.15) is 30.4 Å². The topological polar surface area (TPSA) is 64.4 Å². The smallest absolute Gasteiger partial charge is 0.354 e. The van der Waals surface area contributed by atoms with E-state index in [4.69, 9.17) is 9.84 Å². The molecule has 0 aliphatic carbocycles. The highest BCUT2D eigenvalue weighted by Gasteiger charge is 2.19. The van der Waals surface area contributed by atoms with E-state index in [2.05, 4.69) is 4.98 Å². The van der Waals surface area contributed by atoms with Gasteiger partial charge in [0, 0.05) is 12.1 Å². The first-order valence-corrected chi connectivity index (χ1v) is 5.73. The second-order valence-corrected chi connectivity index (χ2v) is 4.25. The fourth-order valence-corrected chi connectivity index (χ4v) is 1.71. The molecule has 6 heteroatoms. The lowest BCUT2D eigenvalue weighted by Gasteiger charge is -2.13. The molecule has 0 aliphatic heterocycles. The molecular formula is C13H13FN2O3. The lowest BCUT2D eigenvalue weighted by Crippen LogP contribution is -2.11. The number of aromatic nitrogens is 2. The van der Waals surface area contributed by atoms with Gasteiger partial charge in [0.05, 0.1) is 6.20 Å². The van der Waals surface area contributed by atoms with Crippen LogP contribution in [-0.4, -0.2) is 20.6 Å². The van der Waals surface area contributed by atoms with E-state index in [1.807, 2.05) is 13.8 Å². The Morgan fingerprint density at radius 1 is 1.47 bits per heavy atom. The Bertz CT molecular complexity index is 608. The Morgan fingerprint density at radius 3 is 2.79 bits per heavy atom. The molecule has 1 aromatic carbocycles. The summed E-state index contributed by atoms with van der Waals surface area (Å²) in [6, 6.07) is 5.56. The minimum Gasteiger partial charge on any atom is -0.477 e. The summed E-state index contributed by atoms with van der Waals surface area (Å²) in [6.45, 7) is 3.62. The molecule has 0 aliphatic rings. The molecule has 0 saturated carbocycles. The summed E-state index contributed by atoms with van der Waals surface area (Å²) in [6.07, 6.45) is 1.22. The van der Waals surface area contributed by atoms with Gasteiger partial charge in [-0.1, -0.05) is 6.07 Å². The lowest BCUT2D eigenvalue weighted by atomic mass is 10.3. The van der Waals surface area contributed by atoms with Crippen LogP contribution in [0.25, 0.3) is 0 Å². The molecule has 0 fully saturated rings. The van der Waals surface area contributed by atoms with Crippen LogP contribution in [0, 0.1) is 5.82 Å². The van der Waals surface area contributed by atoms with Crippen molar-refractivity contribution in [3.8, 4) is 11.8 Å². The summed E-state index contributed by atoms with van der Waals surface area (Å²) in [5, 5.41) is 9.06. The highest BCUT2D eigenvalue weighted by molar-refractivity contribution is 5.85. The minimum absolute atomic E-state index is 0.0291. The summed E-state index contributed by atoms with van der Waals surface area (Å²) in [5.41, 5.74) is 0.0291. The maximum absolute atomic E-state index is 13.1. The zero-order valence-corrected chi connectivity index (χ0v) is 10.5. The molecule has 2 rings (SSSR count). The lowest BCUT2D eigenvalue weighted by molar-refractivity contribution is 0.0682. The highest BCUT2D eigenvalue weighted by Crippen LogP contribution is 2.25. The van der Waals surface area contributed by atoms with Crippen molar-refractivity contribution in [2.75, 3.05) is 0 Å². The first kappa shape index (κ1) is 13.1. The predicted molar refractivity (Wildman–Crippen MR) is 66.0 cm³/mol. The van der Waals surface area contributed by atoms with E-state index in [1.54, 1.807) is 6.07 Å². The molecule has 0 radical (unpaired) electrons. The number of halogens is 1. The highest BCUT2D eigenvalue weighted by atomic mass is 19.1. The van der Waals surface area contributed by atoms with Crippen LogP contribution >= 0.6 is 0 Å². The van der Waals surface area contributed by atoms with Crippen LogP contribution in [-0.2, 0) is 0 Å². The Morgan fingerprint density at radius 2 is 2.21 bits per heavy atom. The van der Waals surface area contributed by atoms with Gasteiger partial charge in [-0.05, 0) is 26.0 Å². The van der Waals surface area contributed by atoms with Gasteiger partial charge < -0.3 is 9.84 Å². The third-order valence-corrected chi connectivity index (χ3v) is 2.50. The average molecular weight is 264 g/mol. The van der Waals surface area contributed by atoms with Gasteiger partial charge in [-0.25, -0.2) is 14.2 Å². The second kappa shape index (κ2) is 5.09. The number of ether oxygens (including phenoxy) is 1. The number of imidazole rings is 1. The summed E-state index contributed by atoms with van der Waals surface area (Å²) in [4.78, 5) is 15.0. The molecule has 19 heavy (non-hydrogen) atoms. The van der Waals surface area contributed by atoms with Crippen molar-refractivity contribution in [2.24, 2.45) is 0 Å². The molecule has 0 bridgehead atoms. The summed E-state index contributed by atoms with van der Waals surface area (Å²) in [7, 11) is 0. The molecule has 0 saturated heterocycles. The van der Waals surface area contributed by atoms with Crippen LogP contribution in [0.3, 0.4) is 0 Å². The number of hydrogen-bond donors (Lipinski definition) is 1. The molecule has 100 valence electrons. The molecule has 0 atom stereocenters. The standard InChI is InChI=1S/C13H13FN2O3/c1-8(2)16-11(12(17)18)7-15-13(16)19-10-5-3-4-9(14)6-10/h3-8H,1-2H3,(H,17,18). The number of carbonyl (C=O) groups is 1. The van der Waals surface area contributed by atoms with Crippen LogP contribution in [0.2, 0.25) is 0 Å². The number of rotatable bonds is 4. The molecule has 0 unspecified atom stereocenters. The Hall–Kier alpha value is -2.37. The van der Waals surface area contributed by atoms with Crippen LogP contribution < -0.4 is 4.74 Å². The van der Waals surface area contributed by atoms with Crippen molar-refractivity contribution in [3.05, 3.63) is 42.0 Å². The average Bonchev–Trinajstić information content (AvgIpc) is 2.73. The second-order valence-electron chi connectivity index (χ2n) is 4.25. The van der Waals surface area contributed by atoms with Gasteiger partial charge in [0.2, 0.25) is 0 Å². The predicted octanol–water partition coefficient (Wildman–Crippen LogP) is 3.09. The maximum Gasteiger partial charge on any atom is 0.354 e. The third-order valence-electron chi connectivity index (χ3n) is 2.50. The van der Waals surface area contributed by atoms with E-state index in [0.717, 1.165) is 0 Å². The van der Waals surface area contributed by atoms with Crippen LogP contribution in [0.4, 0.5) is 4.39 Å². The van der Waals surface area contributed by atoms with Gasteiger partial charge in [-0.3, -0.25) is 4.57 Å². The number of aromatic carboxylic acids is 1. The van der Waals surface area contributed by atoms with Crippen molar-refractivity contribution < 1.29 is 19.0 Å². The Labute approximate surface area is 109 Å².